The Morgan fingerprint density at radius 2 is 1.94 bits per heavy atom. The fraction of sp³-hybridized carbons (Fsp3) is 0.280. The molecule has 6 rings (SSSR count). The Kier molecular flexibility index (Phi) is 4.80. The van der Waals surface area contributed by atoms with E-state index in [1.165, 1.54) is 18.2 Å². The number of halogens is 1. The lowest BCUT2D eigenvalue weighted by Gasteiger charge is -2.24. The second kappa shape index (κ2) is 7.88. The fourth-order valence-electron chi connectivity index (χ4n) is 5.23. The van der Waals surface area contributed by atoms with E-state index in [2.05, 4.69) is 27.2 Å². The Morgan fingerprint density at radius 3 is 2.76 bits per heavy atom. The van der Waals surface area contributed by atoms with E-state index in [1.54, 1.807) is 29.1 Å². The molecule has 0 radical (unpaired) electrons. The molecule has 8 nitrogen and oxygen atoms in total. The summed E-state index contributed by atoms with van der Waals surface area (Å²) in [6.45, 7) is 2.79. The average molecular weight is 458 g/mol. The van der Waals surface area contributed by atoms with Gasteiger partial charge >= 0.3 is 0 Å². The fourth-order valence-corrected chi connectivity index (χ4v) is 5.23. The first-order valence-corrected chi connectivity index (χ1v) is 11.3. The highest BCUT2D eigenvalue weighted by Gasteiger charge is 2.42. The summed E-state index contributed by atoms with van der Waals surface area (Å²) < 4.78 is 15.2. The number of carbonyl (C=O) groups is 1. The Balaban J connectivity index is 1.25. The molecular weight excluding hydrogens is 435 g/mol. The molecule has 2 aromatic carbocycles. The first kappa shape index (κ1) is 20.7. The van der Waals surface area contributed by atoms with Gasteiger partial charge in [-0.05, 0) is 67.9 Å². The number of likely N-dealkylation sites (tertiary alicyclic amines) is 2. The van der Waals surface area contributed by atoms with Crippen LogP contribution in [0.2, 0.25) is 0 Å². The standard InChI is InChI=1S/C25H23FN6O2/c1-30-12-16-8-9-31(23(16)14-30)25(34)15-2-5-19(6-3-15)32-13-22(28-29-32)20-11-17-10-18(26)4-7-21(17)27-24(20)33/h2-7,10-11,13,16,23H,8-9,12,14H2,1H3,(H,27,33). The van der Waals surface area contributed by atoms with Crippen molar-refractivity contribution >= 4 is 16.8 Å². The molecule has 4 heterocycles. The normalized spacial score (nSPS) is 20.2. The number of hydrogen-bond acceptors (Lipinski definition) is 5. The molecule has 2 aliphatic heterocycles. The zero-order chi connectivity index (χ0) is 23.4. The van der Waals surface area contributed by atoms with E-state index >= 15 is 0 Å². The van der Waals surface area contributed by atoms with Crippen molar-refractivity contribution in [2.24, 2.45) is 5.92 Å². The van der Waals surface area contributed by atoms with Gasteiger partial charge in [-0.1, -0.05) is 5.21 Å². The Morgan fingerprint density at radius 1 is 1.12 bits per heavy atom. The van der Waals surface area contributed by atoms with E-state index in [4.69, 9.17) is 0 Å². The van der Waals surface area contributed by atoms with Crippen molar-refractivity contribution in [1.29, 1.82) is 0 Å². The largest absolute Gasteiger partial charge is 0.334 e. The number of amides is 1. The van der Waals surface area contributed by atoms with Gasteiger partial charge in [0.25, 0.3) is 11.5 Å². The number of pyridine rings is 1. The van der Waals surface area contributed by atoms with Crippen molar-refractivity contribution in [3.63, 3.8) is 0 Å². The van der Waals surface area contributed by atoms with Crippen LogP contribution in [0.15, 0.2) is 59.5 Å². The van der Waals surface area contributed by atoms with Crippen molar-refractivity contribution < 1.29 is 9.18 Å². The molecule has 2 aliphatic rings. The lowest BCUT2D eigenvalue weighted by Crippen LogP contribution is -2.39. The third-order valence-electron chi connectivity index (χ3n) is 6.95. The summed E-state index contributed by atoms with van der Waals surface area (Å²) in [4.78, 5) is 32.7. The van der Waals surface area contributed by atoms with Crippen molar-refractivity contribution in [2.45, 2.75) is 12.5 Å². The highest BCUT2D eigenvalue weighted by Crippen LogP contribution is 2.32. The van der Waals surface area contributed by atoms with Crippen molar-refractivity contribution in [2.75, 3.05) is 26.7 Å². The van der Waals surface area contributed by atoms with Gasteiger partial charge < -0.3 is 14.8 Å². The minimum Gasteiger partial charge on any atom is -0.334 e. The molecule has 2 fully saturated rings. The molecule has 0 saturated carbocycles. The van der Waals surface area contributed by atoms with Crippen LogP contribution in [-0.2, 0) is 0 Å². The molecule has 2 unspecified atom stereocenters. The van der Waals surface area contributed by atoms with Gasteiger partial charge in [-0.15, -0.1) is 5.10 Å². The summed E-state index contributed by atoms with van der Waals surface area (Å²) in [6, 6.07) is 13.3. The third kappa shape index (κ3) is 3.49. The number of carbonyl (C=O) groups excluding carboxylic acids is 1. The number of nitrogens with zero attached hydrogens (tertiary/aromatic N) is 5. The SMILES string of the molecule is CN1CC2CCN(C(=O)c3ccc(-n4cc(-c5cc6cc(F)ccc6[nH]c5=O)nn4)cc3)C2C1. The summed E-state index contributed by atoms with van der Waals surface area (Å²) >= 11 is 0. The minimum absolute atomic E-state index is 0.0589. The molecular formula is C25H23FN6O2. The van der Waals surface area contributed by atoms with Gasteiger partial charge in [-0.3, -0.25) is 9.59 Å². The molecule has 2 aromatic heterocycles. The number of likely N-dealkylation sites (N-methyl/N-ethyl adjacent to an activating group) is 1. The number of H-pyrrole nitrogens is 1. The number of benzene rings is 2. The zero-order valence-corrected chi connectivity index (χ0v) is 18.6. The van der Waals surface area contributed by atoms with Crippen molar-refractivity contribution in [1.82, 2.24) is 29.8 Å². The number of rotatable bonds is 3. The smallest absolute Gasteiger partial charge is 0.258 e. The van der Waals surface area contributed by atoms with Gasteiger partial charge in [0, 0.05) is 42.1 Å². The van der Waals surface area contributed by atoms with Crippen LogP contribution < -0.4 is 5.56 Å². The molecule has 1 amide bonds. The van der Waals surface area contributed by atoms with Crippen LogP contribution in [0.4, 0.5) is 4.39 Å². The molecule has 0 aliphatic carbocycles. The van der Waals surface area contributed by atoms with Gasteiger partial charge in [0.2, 0.25) is 0 Å². The molecule has 1 N–H and O–H groups in total. The third-order valence-corrected chi connectivity index (χ3v) is 6.95. The van der Waals surface area contributed by atoms with E-state index < -0.39 is 0 Å². The first-order valence-electron chi connectivity index (χ1n) is 11.3. The Hall–Kier alpha value is -3.85. The van der Waals surface area contributed by atoms with Crippen LogP contribution in [0.25, 0.3) is 27.8 Å². The van der Waals surface area contributed by atoms with Crippen LogP contribution in [-0.4, -0.2) is 68.4 Å². The minimum atomic E-state index is -0.381. The summed E-state index contributed by atoms with van der Waals surface area (Å²) in [7, 11) is 2.10. The average Bonchev–Trinajstić information content (AvgIpc) is 3.54. The summed E-state index contributed by atoms with van der Waals surface area (Å²) in [5.41, 5.74) is 2.28. The van der Waals surface area contributed by atoms with Crippen LogP contribution in [0.3, 0.4) is 0 Å². The molecule has 0 bridgehead atoms. The van der Waals surface area contributed by atoms with E-state index in [9.17, 15) is 14.0 Å². The van der Waals surface area contributed by atoms with Crippen molar-refractivity contribution in [3.8, 4) is 16.9 Å². The molecule has 9 heteroatoms. The molecule has 2 atom stereocenters. The Bertz CT molecular complexity index is 1460. The van der Waals surface area contributed by atoms with E-state index in [1.807, 2.05) is 17.0 Å². The second-order valence-corrected chi connectivity index (χ2v) is 9.17. The number of fused-ring (bicyclic) bond motifs is 2. The summed E-state index contributed by atoms with van der Waals surface area (Å²) in [5, 5.41) is 8.85. The number of aromatic amines is 1. The predicted molar refractivity (Wildman–Crippen MR) is 125 cm³/mol. The number of hydrogen-bond donors (Lipinski definition) is 1. The topological polar surface area (TPSA) is 87.1 Å². The number of nitrogens with one attached hydrogen (secondary N) is 1. The molecule has 172 valence electrons. The lowest BCUT2D eigenvalue weighted by atomic mass is 10.0. The zero-order valence-electron chi connectivity index (χ0n) is 18.6. The van der Waals surface area contributed by atoms with Gasteiger partial charge in [-0.2, -0.15) is 0 Å². The summed E-state index contributed by atoms with van der Waals surface area (Å²) in [5.74, 6) is 0.244. The van der Waals surface area contributed by atoms with Crippen LogP contribution in [0, 0.1) is 11.7 Å². The Labute approximate surface area is 194 Å². The molecule has 0 spiro atoms. The maximum absolute atomic E-state index is 13.6. The molecule has 2 saturated heterocycles. The molecule has 34 heavy (non-hydrogen) atoms. The van der Waals surface area contributed by atoms with Gasteiger partial charge in [0.15, 0.2) is 0 Å². The van der Waals surface area contributed by atoms with Crippen LogP contribution in [0.5, 0.6) is 0 Å². The maximum Gasteiger partial charge on any atom is 0.258 e. The summed E-state index contributed by atoms with van der Waals surface area (Å²) in [6.07, 6.45) is 2.70. The van der Waals surface area contributed by atoms with Crippen molar-refractivity contribution in [3.05, 3.63) is 76.5 Å². The monoisotopic (exact) mass is 458 g/mol. The molecule has 4 aromatic rings. The first-order chi connectivity index (χ1) is 16.5. The second-order valence-electron chi connectivity index (χ2n) is 9.17. The van der Waals surface area contributed by atoms with E-state index in [0.29, 0.717) is 39.7 Å². The van der Waals surface area contributed by atoms with E-state index in [0.717, 1.165) is 31.7 Å². The number of aromatic nitrogens is 4. The van der Waals surface area contributed by atoms with Crippen LogP contribution >= 0.6 is 0 Å². The van der Waals surface area contributed by atoms with Gasteiger partial charge in [0.1, 0.15) is 11.5 Å². The maximum atomic E-state index is 13.6. The lowest BCUT2D eigenvalue weighted by molar-refractivity contribution is 0.0729. The predicted octanol–water partition coefficient (Wildman–Crippen LogP) is 2.69. The highest BCUT2D eigenvalue weighted by atomic mass is 19.1. The van der Waals surface area contributed by atoms with Crippen LogP contribution in [0.1, 0.15) is 16.8 Å². The quantitative estimate of drug-likeness (QED) is 0.510. The van der Waals surface area contributed by atoms with Gasteiger partial charge in [-0.25, -0.2) is 9.07 Å². The highest BCUT2D eigenvalue weighted by molar-refractivity contribution is 5.95. The van der Waals surface area contributed by atoms with E-state index in [-0.39, 0.29) is 17.3 Å². The van der Waals surface area contributed by atoms with Gasteiger partial charge in [0.05, 0.1) is 17.4 Å².